The molecule has 0 atom stereocenters. The van der Waals surface area contributed by atoms with Crippen LogP contribution in [0.3, 0.4) is 0 Å². The largest absolute Gasteiger partial charge is 0.490 e. The van der Waals surface area contributed by atoms with E-state index in [0.29, 0.717) is 16.6 Å². The summed E-state index contributed by atoms with van der Waals surface area (Å²) in [5, 5.41) is 14.2. The molecular weight excluding hydrogens is 353 g/mol. The van der Waals surface area contributed by atoms with Crippen LogP contribution in [0, 0.1) is 15.9 Å². The number of hydrogen-bond donors (Lipinski definition) is 2. The molecule has 3 N–H and O–H groups in total. The lowest BCUT2D eigenvalue weighted by Crippen LogP contribution is -2.03. The molecule has 25 heavy (non-hydrogen) atoms. The van der Waals surface area contributed by atoms with E-state index in [2.05, 4.69) is 15.3 Å². The third kappa shape index (κ3) is 3.22. The molecule has 0 aliphatic rings. The quantitative estimate of drug-likeness (QED) is 0.536. The zero-order chi connectivity index (χ0) is 18.1. The van der Waals surface area contributed by atoms with Gasteiger partial charge in [-0.15, -0.1) is 0 Å². The Morgan fingerprint density at radius 2 is 2.08 bits per heavy atom. The number of hydrogen-bond acceptors (Lipinski definition) is 7. The van der Waals surface area contributed by atoms with Crippen LogP contribution in [-0.4, -0.2) is 22.0 Å². The van der Waals surface area contributed by atoms with Gasteiger partial charge >= 0.3 is 5.69 Å². The van der Waals surface area contributed by atoms with E-state index in [1.807, 2.05) is 0 Å². The highest BCUT2D eigenvalue weighted by atomic mass is 35.5. The topological polar surface area (TPSA) is 116 Å². The molecule has 0 amide bonds. The second-order valence-electron chi connectivity index (χ2n) is 4.98. The van der Waals surface area contributed by atoms with Crippen molar-refractivity contribution in [1.82, 2.24) is 9.97 Å². The van der Waals surface area contributed by atoms with Crippen molar-refractivity contribution in [2.24, 2.45) is 0 Å². The first kappa shape index (κ1) is 16.7. The van der Waals surface area contributed by atoms with Gasteiger partial charge in [0.15, 0.2) is 5.75 Å². The Morgan fingerprint density at radius 1 is 1.32 bits per heavy atom. The van der Waals surface area contributed by atoms with Crippen LogP contribution >= 0.6 is 11.6 Å². The number of methoxy groups -OCH3 is 1. The summed E-state index contributed by atoms with van der Waals surface area (Å²) in [6.07, 6.45) is 0. The molecule has 0 unspecified atom stereocenters. The van der Waals surface area contributed by atoms with Gasteiger partial charge in [-0.05, 0) is 18.2 Å². The second-order valence-corrected chi connectivity index (χ2v) is 5.39. The predicted molar refractivity (Wildman–Crippen MR) is 91.8 cm³/mol. The SMILES string of the molecule is COc1cc2nc(Nc3ccc(F)c(Cl)c3)nc(N)c2cc1[N+](=O)[O-]. The number of nitro benzene ring substituents is 1. The van der Waals surface area contributed by atoms with Gasteiger partial charge in [0.2, 0.25) is 5.95 Å². The number of rotatable bonds is 4. The molecule has 0 spiro atoms. The smallest absolute Gasteiger partial charge is 0.311 e. The molecule has 2 aromatic carbocycles. The third-order valence-electron chi connectivity index (χ3n) is 3.40. The van der Waals surface area contributed by atoms with Gasteiger partial charge in [0.25, 0.3) is 0 Å². The van der Waals surface area contributed by atoms with Crippen LogP contribution in [0.2, 0.25) is 5.02 Å². The number of benzene rings is 2. The molecule has 1 heterocycles. The van der Waals surface area contributed by atoms with Gasteiger partial charge in [-0.2, -0.15) is 4.98 Å². The highest BCUT2D eigenvalue weighted by Gasteiger charge is 2.19. The van der Waals surface area contributed by atoms with Gasteiger partial charge < -0.3 is 15.8 Å². The molecule has 0 radical (unpaired) electrons. The number of fused-ring (bicyclic) bond motifs is 1. The van der Waals surface area contributed by atoms with E-state index >= 15 is 0 Å². The summed E-state index contributed by atoms with van der Waals surface area (Å²) < 4.78 is 18.2. The molecule has 0 aliphatic heterocycles. The number of nitrogens with two attached hydrogens (primary N) is 1. The molecule has 0 bridgehead atoms. The molecule has 0 saturated carbocycles. The van der Waals surface area contributed by atoms with Gasteiger partial charge in [-0.25, -0.2) is 9.37 Å². The van der Waals surface area contributed by atoms with Crippen molar-refractivity contribution in [3.63, 3.8) is 0 Å². The first-order chi connectivity index (χ1) is 11.9. The monoisotopic (exact) mass is 363 g/mol. The normalized spacial score (nSPS) is 10.7. The van der Waals surface area contributed by atoms with Crippen molar-refractivity contribution in [2.45, 2.75) is 0 Å². The fourth-order valence-corrected chi connectivity index (χ4v) is 2.41. The number of nitrogens with one attached hydrogen (secondary N) is 1. The minimum absolute atomic E-state index is 0.0476. The van der Waals surface area contributed by atoms with E-state index in [-0.39, 0.29) is 28.2 Å². The van der Waals surface area contributed by atoms with Crippen molar-refractivity contribution in [3.8, 4) is 5.75 Å². The zero-order valence-electron chi connectivity index (χ0n) is 12.8. The van der Waals surface area contributed by atoms with Crippen LogP contribution in [0.25, 0.3) is 10.9 Å². The molecule has 3 aromatic rings. The summed E-state index contributed by atoms with van der Waals surface area (Å²) in [6, 6.07) is 6.68. The minimum atomic E-state index is -0.579. The summed E-state index contributed by atoms with van der Waals surface area (Å²) >= 11 is 5.73. The number of aromatic nitrogens is 2. The summed E-state index contributed by atoms with van der Waals surface area (Å²) in [7, 11) is 1.32. The van der Waals surface area contributed by atoms with Crippen LogP contribution in [-0.2, 0) is 0 Å². The Labute approximate surface area is 145 Å². The maximum absolute atomic E-state index is 13.2. The Bertz CT molecular complexity index is 999. The maximum Gasteiger partial charge on any atom is 0.311 e. The highest BCUT2D eigenvalue weighted by molar-refractivity contribution is 6.31. The number of nitrogen functional groups attached to an aromatic ring is 1. The lowest BCUT2D eigenvalue weighted by molar-refractivity contribution is -0.385. The lowest BCUT2D eigenvalue weighted by Gasteiger charge is -2.09. The highest BCUT2D eigenvalue weighted by Crippen LogP contribution is 2.34. The van der Waals surface area contributed by atoms with E-state index in [9.17, 15) is 14.5 Å². The number of nitrogens with zero attached hydrogens (tertiary/aromatic N) is 3. The Hall–Kier alpha value is -3.20. The first-order valence-corrected chi connectivity index (χ1v) is 7.28. The average Bonchev–Trinajstić information content (AvgIpc) is 2.57. The van der Waals surface area contributed by atoms with E-state index in [4.69, 9.17) is 22.1 Å². The van der Waals surface area contributed by atoms with E-state index in [0.717, 1.165) is 0 Å². The summed E-state index contributed by atoms with van der Waals surface area (Å²) in [5.74, 6) is -0.329. The number of nitro groups is 1. The molecule has 8 nitrogen and oxygen atoms in total. The van der Waals surface area contributed by atoms with Crippen LogP contribution in [0.4, 0.5) is 27.5 Å². The van der Waals surface area contributed by atoms with Gasteiger partial charge in [-0.3, -0.25) is 10.1 Å². The number of anilines is 3. The van der Waals surface area contributed by atoms with Crippen LogP contribution in [0.1, 0.15) is 0 Å². The van der Waals surface area contributed by atoms with Crippen LogP contribution < -0.4 is 15.8 Å². The molecule has 0 fully saturated rings. The van der Waals surface area contributed by atoms with Crippen LogP contribution in [0.5, 0.6) is 5.75 Å². The summed E-state index contributed by atoms with van der Waals surface area (Å²) in [4.78, 5) is 18.8. The summed E-state index contributed by atoms with van der Waals surface area (Å²) in [5.41, 5.74) is 6.46. The van der Waals surface area contributed by atoms with Crippen LogP contribution in [0.15, 0.2) is 30.3 Å². The van der Waals surface area contributed by atoms with Gasteiger partial charge in [0.1, 0.15) is 11.6 Å². The Kier molecular flexibility index (Phi) is 4.24. The van der Waals surface area contributed by atoms with E-state index in [1.165, 1.54) is 37.4 Å². The van der Waals surface area contributed by atoms with Gasteiger partial charge in [-0.1, -0.05) is 11.6 Å². The lowest BCUT2D eigenvalue weighted by atomic mass is 10.2. The van der Waals surface area contributed by atoms with Gasteiger partial charge in [0.05, 0.1) is 22.6 Å². The van der Waals surface area contributed by atoms with Crippen molar-refractivity contribution >= 4 is 45.6 Å². The molecular formula is C15H11ClFN5O3. The number of halogens is 2. The van der Waals surface area contributed by atoms with Crippen molar-refractivity contribution < 1.29 is 14.1 Å². The second kappa shape index (κ2) is 6.36. The average molecular weight is 364 g/mol. The van der Waals surface area contributed by atoms with E-state index in [1.54, 1.807) is 0 Å². The zero-order valence-corrected chi connectivity index (χ0v) is 13.5. The van der Waals surface area contributed by atoms with E-state index < -0.39 is 10.7 Å². The molecule has 0 aliphatic carbocycles. The van der Waals surface area contributed by atoms with Crippen molar-refractivity contribution in [3.05, 3.63) is 51.3 Å². The maximum atomic E-state index is 13.2. The minimum Gasteiger partial charge on any atom is -0.490 e. The summed E-state index contributed by atoms with van der Waals surface area (Å²) in [6.45, 7) is 0. The molecule has 10 heteroatoms. The molecule has 3 rings (SSSR count). The first-order valence-electron chi connectivity index (χ1n) is 6.90. The molecule has 0 saturated heterocycles. The Morgan fingerprint density at radius 3 is 2.72 bits per heavy atom. The fourth-order valence-electron chi connectivity index (χ4n) is 2.23. The standard InChI is InChI=1S/C15H11ClFN5O3/c1-25-13-6-11-8(5-12(13)22(23)24)14(18)21-15(20-11)19-7-2-3-10(17)9(16)4-7/h2-6H,1H3,(H3,18,19,20,21). The predicted octanol–water partition coefficient (Wildman–Crippen LogP) is 3.66. The third-order valence-corrected chi connectivity index (χ3v) is 3.69. The fraction of sp³-hybridized carbons (Fsp3) is 0.0667. The molecule has 128 valence electrons. The molecule has 1 aromatic heterocycles. The Balaban J connectivity index is 2.07. The van der Waals surface area contributed by atoms with Crippen molar-refractivity contribution in [1.29, 1.82) is 0 Å². The van der Waals surface area contributed by atoms with Crippen molar-refractivity contribution in [2.75, 3.05) is 18.2 Å². The van der Waals surface area contributed by atoms with Gasteiger partial charge in [0, 0.05) is 23.2 Å². The number of ether oxygens (including phenoxy) is 1.